The summed E-state index contributed by atoms with van der Waals surface area (Å²) >= 11 is 0. The Morgan fingerprint density at radius 1 is 1.08 bits per heavy atom. The van der Waals surface area contributed by atoms with Crippen molar-refractivity contribution in [3.8, 4) is 0 Å². The summed E-state index contributed by atoms with van der Waals surface area (Å²) in [7, 11) is 0. The molecule has 0 unspecified atom stereocenters. The summed E-state index contributed by atoms with van der Waals surface area (Å²) in [5.74, 6) is -0.534. The first-order valence-electron chi connectivity index (χ1n) is 7.75. The van der Waals surface area contributed by atoms with E-state index in [0.717, 1.165) is 16.8 Å². The number of rotatable bonds is 4. The van der Waals surface area contributed by atoms with Crippen LogP contribution in [0.1, 0.15) is 21.6 Å². The molecular formula is C19H17FN4O. The Hall–Kier alpha value is -3.28. The zero-order valence-electron chi connectivity index (χ0n) is 13.9. The molecule has 0 radical (unpaired) electrons. The van der Waals surface area contributed by atoms with E-state index < -0.39 is 11.7 Å². The fourth-order valence-electron chi connectivity index (χ4n) is 2.38. The average Bonchev–Trinajstić information content (AvgIpc) is 2.58. The average molecular weight is 336 g/mol. The van der Waals surface area contributed by atoms with E-state index in [4.69, 9.17) is 0 Å². The molecule has 0 aliphatic carbocycles. The molecular weight excluding hydrogens is 319 g/mol. The third-order valence-electron chi connectivity index (χ3n) is 3.60. The molecule has 1 amide bonds. The van der Waals surface area contributed by atoms with Gasteiger partial charge in [0.15, 0.2) is 0 Å². The van der Waals surface area contributed by atoms with Gasteiger partial charge in [0.2, 0.25) is 5.95 Å². The van der Waals surface area contributed by atoms with Gasteiger partial charge in [0, 0.05) is 17.6 Å². The van der Waals surface area contributed by atoms with Crippen LogP contribution in [0.25, 0.3) is 0 Å². The van der Waals surface area contributed by atoms with E-state index in [0.29, 0.717) is 11.6 Å². The number of hydrogen-bond donors (Lipinski definition) is 2. The fourth-order valence-corrected chi connectivity index (χ4v) is 2.38. The Bertz CT molecular complexity index is 927. The van der Waals surface area contributed by atoms with Crippen LogP contribution in [0.4, 0.5) is 21.7 Å². The van der Waals surface area contributed by atoms with Gasteiger partial charge in [-0.25, -0.2) is 14.4 Å². The van der Waals surface area contributed by atoms with Crippen LogP contribution in [0.2, 0.25) is 0 Å². The second-order valence-corrected chi connectivity index (χ2v) is 5.67. The number of carbonyl (C=O) groups is 1. The van der Waals surface area contributed by atoms with Gasteiger partial charge < -0.3 is 10.6 Å². The van der Waals surface area contributed by atoms with E-state index in [9.17, 15) is 9.18 Å². The molecule has 126 valence electrons. The summed E-state index contributed by atoms with van der Waals surface area (Å²) in [6.45, 7) is 4.00. The van der Waals surface area contributed by atoms with Gasteiger partial charge in [0.05, 0.1) is 0 Å². The topological polar surface area (TPSA) is 66.9 Å². The zero-order valence-corrected chi connectivity index (χ0v) is 13.9. The number of anilines is 3. The Labute approximate surface area is 145 Å². The van der Waals surface area contributed by atoms with E-state index >= 15 is 0 Å². The van der Waals surface area contributed by atoms with Gasteiger partial charge in [-0.05, 0) is 49.7 Å². The molecule has 1 aromatic heterocycles. The van der Waals surface area contributed by atoms with Gasteiger partial charge in [-0.1, -0.05) is 23.8 Å². The maximum atomic E-state index is 13.2. The van der Waals surface area contributed by atoms with Crippen LogP contribution >= 0.6 is 0 Å². The second-order valence-electron chi connectivity index (χ2n) is 5.67. The van der Waals surface area contributed by atoms with Crippen molar-refractivity contribution in [2.75, 3.05) is 10.6 Å². The van der Waals surface area contributed by atoms with Gasteiger partial charge in [0.1, 0.15) is 11.5 Å². The van der Waals surface area contributed by atoms with Crippen LogP contribution in [-0.4, -0.2) is 15.9 Å². The van der Waals surface area contributed by atoms with Crippen LogP contribution in [0.3, 0.4) is 0 Å². The smallest absolute Gasteiger partial charge is 0.274 e. The molecule has 2 aromatic carbocycles. The highest BCUT2D eigenvalue weighted by molar-refractivity contribution is 6.03. The number of carbonyl (C=O) groups excluding carboxylic acids is 1. The third-order valence-corrected chi connectivity index (χ3v) is 3.60. The lowest BCUT2D eigenvalue weighted by atomic mass is 10.1. The Balaban J connectivity index is 1.77. The summed E-state index contributed by atoms with van der Waals surface area (Å²) in [5.41, 5.74) is 3.64. The molecule has 1 heterocycles. The molecule has 6 heteroatoms. The molecule has 3 rings (SSSR count). The minimum atomic E-state index is -0.434. The monoisotopic (exact) mass is 336 g/mol. The van der Waals surface area contributed by atoms with Crippen molar-refractivity contribution in [1.82, 2.24) is 9.97 Å². The van der Waals surface area contributed by atoms with Crippen LogP contribution in [0, 0.1) is 19.7 Å². The van der Waals surface area contributed by atoms with Crippen molar-refractivity contribution < 1.29 is 9.18 Å². The first-order chi connectivity index (χ1) is 12.0. The highest BCUT2D eigenvalue weighted by atomic mass is 19.1. The molecule has 0 fully saturated rings. The number of nitrogens with zero attached hydrogens (tertiary/aromatic N) is 2. The third kappa shape index (κ3) is 4.17. The number of aryl methyl sites for hydroxylation is 2. The quantitative estimate of drug-likeness (QED) is 0.748. The number of benzene rings is 2. The molecule has 0 spiro atoms. The number of amides is 1. The van der Waals surface area contributed by atoms with E-state index in [-0.39, 0.29) is 5.69 Å². The van der Waals surface area contributed by atoms with Gasteiger partial charge in [-0.15, -0.1) is 0 Å². The van der Waals surface area contributed by atoms with E-state index in [1.165, 1.54) is 30.5 Å². The highest BCUT2D eigenvalue weighted by Gasteiger charge is 2.10. The largest absolute Gasteiger partial charge is 0.324 e. The lowest BCUT2D eigenvalue weighted by molar-refractivity contribution is 0.102. The summed E-state index contributed by atoms with van der Waals surface area (Å²) in [5, 5.41) is 5.72. The van der Waals surface area contributed by atoms with Crippen molar-refractivity contribution in [1.29, 1.82) is 0 Å². The number of nitrogens with one attached hydrogen (secondary N) is 2. The highest BCUT2D eigenvalue weighted by Crippen LogP contribution is 2.19. The maximum Gasteiger partial charge on any atom is 0.274 e. The summed E-state index contributed by atoms with van der Waals surface area (Å²) in [6.07, 6.45) is 1.50. The predicted molar refractivity (Wildman–Crippen MR) is 95.6 cm³/mol. The Morgan fingerprint density at radius 3 is 2.68 bits per heavy atom. The first-order valence-corrected chi connectivity index (χ1v) is 7.75. The van der Waals surface area contributed by atoms with E-state index in [2.05, 4.69) is 20.6 Å². The van der Waals surface area contributed by atoms with Crippen molar-refractivity contribution >= 4 is 23.2 Å². The van der Waals surface area contributed by atoms with Gasteiger partial charge in [0.25, 0.3) is 5.91 Å². The molecule has 2 N–H and O–H groups in total. The second kappa shape index (κ2) is 7.09. The molecule has 0 aliphatic rings. The SMILES string of the molecule is Cc1ccc(Nc2nccc(C(=O)Nc3cccc(F)c3)n2)c(C)c1. The number of aromatic nitrogens is 2. The summed E-state index contributed by atoms with van der Waals surface area (Å²) in [6, 6.07) is 13.2. The normalized spacial score (nSPS) is 10.4. The molecule has 0 saturated carbocycles. The number of hydrogen-bond acceptors (Lipinski definition) is 4. The molecule has 3 aromatic rings. The number of halogens is 1. The lowest BCUT2D eigenvalue weighted by Crippen LogP contribution is -2.15. The van der Waals surface area contributed by atoms with Crippen LogP contribution in [-0.2, 0) is 0 Å². The molecule has 0 atom stereocenters. The van der Waals surface area contributed by atoms with Crippen molar-refractivity contribution in [2.45, 2.75) is 13.8 Å². The van der Waals surface area contributed by atoms with Crippen LogP contribution < -0.4 is 10.6 Å². The maximum absolute atomic E-state index is 13.2. The summed E-state index contributed by atoms with van der Waals surface area (Å²) < 4.78 is 13.2. The minimum Gasteiger partial charge on any atom is -0.324 e. The standard InChI is InChI=1S/C19H17FN4O/c1-12-6-7-16(13(2)10-12)23-19-21-9-8-17(24-19)18(25)22-15-5-3-4-14(20)11-15/h3-11H,1-2H3,(H,22,25)(H,21,23,24). The van der Waals surface area contributed by atoms with Gasteiger partial charge in [-0.3, -0.25) is 4.79 Å². The Morgan fingerprint density at radius 2 is 1.92 bits per heavy atom. The zero-order chi connectivity index (χ0) is 17.8. The first kappa shape index (κ1) is 16.6. The van der Waals surface area contributed by atoms with Crippen molar-refractivity contribution in [3.05, 3.63) is 77.4 Å². The molecule has 0 aliphatic heterocycles. The van der Waals surface area contributed by atoms with Gasteiger partial charge >= 0.3 is 0 Å². The fraction of sp³-hybridized carbons (Fsp3) is 0.105. The molecule has 0 bridgehead atoms. The molecule has 0 saturated heterocycles. The minimum absolute atomic E-state index is 0.187. The van der Waals surface area contributed by atoms with Crippen molar-refractivity contribution in [2.24, 2.45) is 0 Å². The van der Waals surface area contributed by atoms with Crippen molar-refractivity contribution in [3.63, 3.8) is 0 Å². The van der Waals surface area contributed by atoms with Crippen LogP contribution in [0.15, 0.2) is 54.7 Å². The van der Waals surface area contributed by atoms with E-state index in [1.54, 1.807) is 6.07 Å². The lowest BCUT2D eigenvalue weighted by Gasteiger charge is -2.10. The van der Waals surface area contributed by atoms with Crippen LogP contribution in [0.5, 0.6) is 0 Å². The predicted octanol–water partition coefficient (Wildman–Crippen LogP) is 4.23. The van der Waals surface area contributed by atoms with Gasteiger partial charge in [-0.2, -0.15) is 0 Å². The molecule has 5 nitrogen and oxygen atoms in total. The molecule has 25 heavy (non-hydrogen) atoms. The summed E-state index contributed by atoms with van der Waals surface area (Å²) in [4.78, 5) is 20.7. The van der Waals surface area contributed by atoms with E-state index in [1.807, 2.05) is 32.0 Å². The Kier molecular flexibility index (Phi) is 4.70.